The Morgan fingerprint density at radius 3 is 2.61 bits per heavy atom. The Morgan fingerprint density at radius 1 is 1.25 bits per heavy atom. The van der Waals surface area contributed by atoms with Crippen LogP contribution < -0.4 is 4.74 Å². The van der Waals surface area contributed by atoms with Gasteiger partial charge in [-0.1, -0.05) is 19.9 Å². The van der Waals surface area contributed by atoms with Crippen molar-refractivity contribution in [3.05, 3.63) is 34.3 Å². The van der Waals surface area contributed by atoms with Crippen molar-refractivity contribution in [2.75, 3.05) is 45.9 Å². The van der Waals surface area contributed by atoms with Crippen molar-refractivity contribution in [1.82, 2.24) is 9.80 Å². The summed E-state index contributed by atoms with van der Waals surface area (Å²) in [6, 6.07) is 5.99. The topological polar surface area (TPSA) is 42.0 Å². The predicted octanol–water partition coefficient (Wildman–Crippen LogP) is 3.82. The molecule has 0 atom stereocenters. The number of benzene rings is 1. The average molecular weight is 451 g/mol. The van der Waals surface area contributed by atoms with Crippen molar-refractivity contribution in [3.63, 3.8) is 0 Å². The first kappa shape index (κ1) is 21.3. The number of amides is 1. The molecule has 1 amide bonds. The van der Waals surface area contributed by atoms with Gasteiger partial charge in [-0.05, 0) is 58.5 Å². The normalized spacial score (nSPS) is 19.5. The molecule has 0 aromatic heterocycles. The molecule has 28 heavy (non-hydrogen) atoms. The Kier molecular flexibility index (Phi) is 7.94. The number of carbonyl (C=O) groups is 1. The molecule has 0 saturated carbocycles. The number of piperidine rings is 1. The number of nitrogens with zero attached hydrogens (tertiary/aromatic N) is 2. The first-order valence-electron chi connectivity index (χ1n) is 10.2. The quantitative estimate of drug-likeness (QED) is 0.617. The highest BCUT2D eigenvalue weighted by molar-refractivity contribution is 9.10. The summed E-state index contributed by atoms with van der Waals surface area (Å²) in [6.45, 7) is 10.5. The highest BCUT2D eigenvalue weighted by atomic mass is 79.9. The fraction of sp³-hybridized carbons (Fsp3) is 0.591. The zero-order chi connectivity index (χ0) is 19.9. The minimum Gasteiger partial charge on any atom is -0.489 e. The first-order valence-corrected chi connectivity index (χ1v) is 11.0. The molecule has 1 aromatic carbocycles. The van der Waals surface area contributed by atoms with Crippen LogP contribution in [0.5, 0.6) is 5.75 Å². The standard InChI is InChI=1S/C22H31BrN2O3/c1-17(2)16-24-9-7-19(8-10-24)28-21-5-3-18(15-20(21)23)4-6-22(26)25-11-13-27-14-12-25/h3-6,15,17,19H,7-14,16H2,1-2H3/b6-4+. The third kappa shape index (κ3) is 6.33. The van der Waals surface area contributed by atoms with E-state index in [2.05, 4.69) is 34.7 Å². The number of halogens is 1. The maximum atomic E-state index is 12.2. The third-order valence-electron chi connectivity index (χ3n) is 5.15. The Hall–Kier alpha value is -1.37. The molecule has 3 rings (SSSR count). The van der Waals surface area contributed by atoms with Gasteiger partial charge >= 0.3 is 0 Å². The molecule has 2 fully saturated rings. The second-order valence-electron chi connectivity index (χ2n) is 7.97. The number of hydrogen-bond acceptors (Lipinski definition) is 4. The van der Waals surface area contributed by atoms with E-state index in [0.29, 0.717) is 32.2 Å². The van der Waals surface area contributed by atoms with E-state index < -0.39 is 0 Å². The van der Waals surface area contributed by atoms with Crippen LogP contribution in [0.3, 0.4) is 0 Å². The summed E-state index contributed by atoms with van der Waals surface area (Å²) in [4.78, 5) is 16.6. The van der Waals surface area contributed by atoms with Gasteiger partial charge in [0.05, 0.1) is 17.7 Å². The Morgan fingerprint density at radius 2 is 1.96 bits per heavy atom. The molecular weight excluding hydrogens is 420 g/mol. The maximum Gasteiger partial charge on any atom is 0.246 e. The van der Waals surface area contributed by atoms with Gasteiger partial charge in [-0.3, -0.25) is 4.79 Å². The maximum absolute atomic E-state index is 12.2. The van der Waals surface area contributed by atoms with E-state index in [1.165, 1.54) is 6.54 Å². The number of morpholine rings is 1. The highest BCUT2D eigenvalue weighted by Crippen LogP contribution is 2.29. The van der Waals surface area contributed by atoms with Crippen molar-refractivity contribution >= 4 is 27.9 Å². The lowest BCUT2D eigenvalue weighted by molar-refractivity contribution is -0.129. The van der Waals surface area contributed by atoms with E-state index in [1.54, 1.807) is 6.08 Å². The molecule has 0 bridgehead atoms. The fourth-order valence-electron chi connectivity index (χ4n) is 3.68. The van der Waals surface area contributed by atoms with E-state index in [-0.39, 0.29) is 12.0 Å². The van der Waals surface area contributed by atoms with Crippen LogP contribution in [-0.2, 0) is 9.53 Å². The molecule has 154 valence electrons. The second-order valence-corrected chi connectivity index (χ2v) is 8.83. The molecule has 0 unspecified atom stereocenters. The van der Waals surface area contributed by atoms with Crippen LogP contribution in [0.25, 0.3) is 6.08 Å². The van der Waals surface area contributed by atoms with Gasteiger partial charge in [0.25, 0.3) is 0 Å². The van der Waals surface area contributed by atoms with E-state index in [1.807, 2.05) is 29.2 Å². The highest BCUT2D eigenvalue weighted by Gasteiger charge is 2.21. The van der Waals surface area contributed by atoms with Crippen molar-refractivity contribution in [3.8, 4) is 5.75 Å². The van der Waals surface area contributed by atoms with Gasteiger partial charge in [-0.25, -0.2) is 0 Å². The molecule has 6 heteroatoms. The molecule has 2 aliphatic heterocycles. The first-order chi connectivity index (χ1) is 13.5. The molecule has 5 nitrogen and oxygen atoms in total. The van der Waals surface area contributed by atoms with Gasteiger partial charge in [-0.2, -0.15) is 0 Å². The van der Waals surface area contributed by atoms with Gasteiger partial charge < -0.3 is 19.3 Å². The lowest BCUT2D eigenvalue weighted by Crippen LogP contribution is -2.39. The minimum atomic E-state index is 0.0351. The summed E-state index contributed by atoms with van der Waals surface area (Å²) in [5.41, 5.74) is 0.979. The lowest BCUT2D eigenvalue weighted by Gasteiger charge is -2.33. The van der Waals surface area contributed by atoms with Gasteiger partial charge in [0.1, 0.15) is 11.9 Å². The second kappa shape index (κ2) is 10.4. The van der Waals surface area contributed by atoms with Crippen LogP contribution in [0, 0.1) is 5.92 Å². The summed E-state index contributed by atoms with van der Waals surface area (Å²) in [5.74, 6) is 1.62. The van der Waals surface area contributed by atoms with Crippen molar-refractivity contribution in [2.24, 2.45) is 5.92 Å². The largest absolute Gasteiger partial charge is 0.489 e. The number of likely N-dealkylation sites (tertiary alicyclic amines) is 1. The molecule has 1 aromatic rings. The number of hydrogen-bond donors (Lipinski definition) is 0. The molecular formula is C22H31BrN2O3. The monoisotopic (exact) mass is 450 g/mol. The lowest BCUT2D eigenvalue weighted by atomic mass is 10.1. The van der Waals surface area contributed by atoms with Gasteiger partial charge in [-0.15, -0.1) is 0 Å². The van der Waals surface area contributed by atoms with Crippen LogP contribution in [0.2, 0.25) is 0 Å². The number of carbonyl (C=O) groups excluding carboxylic acids is 1. The smallest absolute Gasteiger partial charge is 0.246 e. The van der Waals surface area contributed by atoms with Gasteiger partial charge in [0.2, 0.25) is 5.91 Å². The van der Waals surface area contributed by atoms with Crippen molar-refractivity contribution < 1.29 is 14.3 Å². The molecule has 0 radical (unpaired) electrons. The molecule has 0 N–H and O–H groups in total. The van der Waals surface area contributed by atoms with Crippen molar-refractivity contribution in [2.45, 2.75) is 32.8 Å². The van der Waals surface area contributed by atoms with E-state index in [4.69, 9.17) is 9.47 Å². The minimum absolute atomic E-state index is 0.0351. The molecule has 2 heterocycles. The summed E-state index contributed by atoms with van der Waals surface area (Å²) in [7, 11) is 0. The van der Waals surface area contributed by atoms with Crippen LogP contribution in [0.15, 0.2) is 28.7 Å². The zero-order valence-electron chi connectivity index (χ0n) is 16.9. The number of ether oxygens (including phenoxy) is 2. The predicted molar refractivity (Wildman–Crippen MR) is 116 cm³/mol. The Labute approximate surface area is 176 Å². The van der Waals surface area contributed by atoms with E-state index in [9.17, 15) is 4.79 Å². The van der Waals surface area contributed by atoms with Crippen LogP contribution in [-0.4, -0.2) is 67.7 Å². The number of rotatable bonds is 6. The van der Waals surface area contributed by atoms with Crippen LogP contribution >= 0.6 is 15.9 Å². The van der Waals surface area contributed by atoms with E-state index in [0.717, 1.165) is 41.7 Å². The zero-order valence-corrected chi connectivity index (χ0v) is 18.5. The van der Waals surface area contributed by atoms with Gasteiger partial charge in [0, 0.05) is 38.8 Å². The molecule has 2 aliphatic rings. The Bertz CT molecular complexity index is 678. The van der Waals surface area contributed by atoms with Crippen LogP contribution in [0.4, 0.5) is 0 Å². The summed E-state index contributed by atoms with van der Waals surface area (Å²) in [6.07, 6.45) is 5.89. The van der Waals surface area contributed by atoms with Crippen molar-refractivity contribution in [1.29, 1.82) is 0 Å². The average Bonchev–Trinajstić information content (AvgIpc) is 2.69. The summed E-state index contributed by atoms with van der Waals surface area (Å²) >= 11 is 3.62. The van der Waals surface area contributed by atoms with E-state index >= 15 is 0 Å². The molecule has 2 saturated heterocycles. The summed E-state index contributed by atoms with van der Waals surface area (Å²) in [5, 5.41) is 0. The van der Waals surface area contributed by atoms with Crippen LogP contribution in [0.1, 0.15) is 32.3 Å². The summed E-state index contributed by atoms with van der Waals surface area (Å²) < 4.78 is 12.4. The van der Waals surface area contributed by atoms with Gasteiger partial charge in [0.15, 0.2) is 0 Å². The third-order valence-corrected chi connectivity index (χ3v) is 5.77. The Balaban J connectivity index is 1.51. The molecule has 0 spiro atoms. The molecule has 0 aliphatic carbocycles. The fourth-order valence-corrected chi connectivity index (χ4v) is 4.17. The SMILES string of the molecule is CC(C)CN1CCC(Oc2ccc(/C=C/C(=O)N3CCOCC3)cc2Br)CC1.